The molecule has 0 aliphatic heterocycles. The minimum Gasteiger partial charge on any atom is -0.481 e. The Kier molecular flexibility index (Phi) is 3.53. The largest absolute Gasteiger partial charge is 0.481 e. The highest BCUT2D eigenvalue weighted by Crippen LogP contribution is 2.38. The van der Waals surface area contributed by atoms with Crippen molar-refractivity contribution in [2.24, 2.45) is 11.8 Å². The highest BCUT2D eigenvalue weighted by molar-refractivity contribution is 5.71. The van der Waals surface area contributed by atoms with Crippen molar-refractivity contribution in [1.82, 2.24) is 0 Å². The van der Waals surface area contributed by atoms with E-state index in [0.29, 0.717) is 25.2 Å². The van der Waals surface area contributed by atoms with Crippen molar-refractivity contribution in [3.8, 4) is 0 Å². The molecule has 1 aliphatic rings. The first-order valence-corrected chi connectivity index (χ1v) is 5.44. The minimum absolute atomic E-state index is 0.514. The van der Waals surface area contributed by atoms with Crippen LogP contribution in [0.4, 0.5) is 0 Å². The number of hydrogen-bond donors (Lipinski definition) is 2. The van der Waals surface area contributed by atoms with Crippen molar-refractivity contribution < 1.29 is 15.0 Å². The molecule has 0 aromatic heterocycles. The second-order valence-electron chi connectivity index (χ2n) is 4.59. The summed E-state index contributed by atoms with van der Waals surface area (Å²) in [4.78, 5) is 11.0. The maximum Gasteiger partial charge on any atom is 0.309 e. The van der Waals surface area contributed by atoms with Crippen molar-refractivity contribution >= 4 is 5.97 Å². The number of hydrogen-bond acceptors (Lipinski definition) is 2. The van der Waals surface area contributed by atoms with Crippen LogP contribution in [0.15, 0.2) is 0 Å². The van der Waals surface area contributed by atoms with Gasteiger partial charge in [0.2, 0.25) is 0 Å². The molecule has 1 unspecified atom stereocenters. The summed E-state index contributed by atoms with van der Waals surface area (Å²) in [5, 5.41) is 19.2. The zero-order chi connectivity index (χ0) is 10.8. The molecule has 0 radical (unpaired) electrons. The summed E-state index contributed by atoms with van der Waals surface area (Å²) in [6.07, 6.45) is 3.68. The predicted octanol–water partition coefficient (Wildman–Crippen LogP) is 2.04. The smallest absolute Gasteiger partial charge is 0.309 e. The van der Waals surface area contributed by atoms with Gasteiger partial charge in [0, 0.05) is 0 Å². The van der Waals surface area contributed by atoms with Crippen LogP contribution in [0.1, 0.15) is 46.0 Å². The van der Waals surface area contributed by atoms with Crippen molar-refractivity contribution in [3.63, 3.8) is 0 Å². The molecule has 1 aliphatic carbocycles. The summed E-state index contributed by atoms with van der Waals surface area (Å²) < 4.78 is 0. The van der Waals surface area contributed by atoms with Crippen LogP contribution >= 0.6 is 0 Å². The Morgan fingerprint density at radius 3 is 2.36 bits per heavy atom. The van der Waals surface area contributed by atoms with E-state index in [0.717, 1.165) is 12.8 Å². The van der Waals surface area contributed by atoms with Gasteiger partial charge in [-0.05, 0) is 38.0 Å². The van der Waals surface area contributed by atoms with Crippen LogP contribution in [0.5, 0.6) is 0 Å². The van der Waals surface area contributed by atoms with E-state index in [4.69, 9.17) is 5.11 Å². The molecular formula is C11H20O3. The Labute approximate surface area is 85.1 Å². The number of carbonyl (C=O) groups is 1. The molecule has 0 amide bonds. The average molecular weight is 200 g/mol. The Morgan fingerprint density at radius 1 is 1.50 bits per heavy atom. The molecule has 1 rings (SSSR count). The topological polar surface area (TPSA) is 57.5 Å². The van der Waals surface area contributed by atoms with E-state index in [1.54, 1.807) is 0 Å². The lowest BCUT2D eigenvalue weighted by atomic mass is 9.72. The molecule has 1 saturated carbocycles. The van der Waals surface area contributed by atoms with Crippen molar-refractivity contribution in [3.05, 3.63) is 0 Å². The Balaban J connectivity index is 2.68. The van der Waals surface area contributed by atoms with Gasteiger partial charge in [-0.2, -0.15) is 0 Å². The van der Waals surface area contributed by atoms with Crippen LogP contribution in [-0.4, -0.2) is 21.8 Å². The van der Waals surface area contributed by atoms with Gasteiger partial charge in [-0.15, -0.1) is 0 Å². The molecule has 0 saturated heterocycles. The van der Waals surface area contributed by atoms with Gasteiger partial charge in [0.1, 0.15) is 0 Å². The molecule has 0 bridgehead atoms. The van der Waals surface area contributed by atoms with Crippen molar-refractivity contribution in [2.75, 3.05) is 0 Å². The zero-order valence-corrected chi connectivity index (χ0v) is 8.99. The van der Waals surface area contributed by atoms with E-state index in [1.165, 1.54) is 0 Å². The van der Waals surface area contributed by atoms with E-state index >= 15 is 0 Å². The Bertz CT molecular complexity index is 205. The molecule has 82 valence electrons. The molecule has 1 atom stereocenters. The third-order valence-electron chi connectivity index (χ3n) is 3.50. The first-order chi connectivity index (χ1) is 6.49. The number of aliphatic hydroxyl groups is 1. The van der Waals surface area contributed by atoms with E-state index in [2.05, 4.69) is 6.92 Å². The van der Waals surface area contributed by atoms with E-state index in [9.17, 15) is 9.90 Å². The van der Waals surface area contributed by atoms with Crippen LogP contribution in [0.3, 0.4) is 0 Å². The zero-order valence-electron chi connectivity index (χ0n) is 8.99. The lowest BCUT2D eigenvalue weighted by Gasteiger charge is -2.38. The monoisotopic (exact) mass is 200 g/mol. The maximum absolute atomic E-state index is 11.0. The molecule has 0 spiro atoms. The molecule has 1 fully saturated rings. The highest BCUT2D eigenvalue weighted by Gasteiger charge is 2.42. The molecule has 3 nitrogen and oxygen atoms in total. The second kappa shape index (κ2) is 4.30. The summed E-state index contributed by atoms with van der Waals surface area (Å²) in [7, 11) is 0. The fraction of sp³-hybridized carbons (Fsp3) is 0.909. The first-order valence-electron chi connectivity index (χ1n) is 5.44. The summed E-state index contributed by atoms with van der Waals surface area (Å²) in [5.74, 6) is -0.818. The van der Waals surface area contributed by atoms with Crippen LogP contribution in [-0.2, 0) is 4.79 Å². The van der Waals surface area contributed by atoms with Crippen molar-refractivity contribution in [2.45, 2.75) is 51.6 Å². The lowest BCUT2D eigenvalue weighted by molar-refractivity contribution is -0.155. The number of aliphatic carboxylic acids is 1. The molecule has 3 heteroatoms. The molecule has 0 aromatic rings. The lowest BCUT2D eigenvalue weighted by Crippen LogP contribution is -2.44. The van der Waals surface area contributed by atoms with Crippen LogP contribution in [0, 0.1) is 11.8 Å². The molecule has 0 heterocycles. The number of carboxylic acid groups (broad SMARTS) is 1. The summed E-state index contributed by atoms with van der Waals surface area (Å²) >= 11 is 0. The minimum atomic E-state index is -0.951. The van der Waals surface area contributed by atoms with Gasteiger partial charge in [-0.25, -0.2) is 0 Å². The predicted molar refractivity (Wildman–Crippen MR) is 54.0 cm³/mol. The van der Waals surface area contributed by atoms with Crippen LogP contribution in [0.2, 0.25) is 0 Å². The standard InChI is InChI=1S/C11H20O3/c1-3-9(10(12)13)11(14)6-4-8(2)5-7-11/h8-9,14H,3-7H2,1-2H3,(H,12,13). The summed E-state index contributed by atoms with van der Waals surface area (Å²) in [5.41, 5.74) is -0.951. The first kappa shape index (κ1) is 11.5. The van der Waals surface area contributed by atoms with E-state index in [1.807, 2.05) is 6.92 Å². The second-order valence-corrected chi connectivity index (χ2v) is 4.59. The molecule has 0 aromatic carbocycles. The van der Waals surface area contributed by atoms with E-state index < -0.39 is 17.5 Å². The van der Waals surface area contributed by atoms with Crippen LogP contribution < -0.4 is 0 Å². The normalized spacial score (nSPS) is 35.2. The number of rotatable bonds is 3. The van der Waals surface area contributed by atoms with Gasteiger partial charge in [-0.3, -0.25) is 4.79 Å². The fourth-order valence-electron chi connectivity index (χ4n) is 2.39. The highest BCUT2D eigenvalue weighted by atomic mass is 16.4. The average Bonchev–Trinajstić information content (AvgIpc) is 2.11. The van der Waals surface area contributed by atoms with Gasteiger partial charge in [0.05, 0.1) is 11.5 Å². The van der Waals surface area contributed by atoms with Gasteiger partial charge in [0.15, 0.2) is 0 Å². The van der Waals surface area contributed by atoms with Crippen LogP contribution in [0.25, 0.3) is 0 Å². The summed E-state index contributed by atoms with van der Waals surface area (Å²) in [6.45, 7) is 3.98. The van der Waals surface area contributed by atoms with Gasteiger partial charge >= 0.3 is 5.97 Å². The fourth-order valence-corrected chi connectivity index (χ4v) is 2.39. The third-order valence-corrected chi connectivity index (χ3v) is 3.50. The van der Waals surface area contributed by atoms with Gasteiger partial charge < -0.3 is 10.2 Å². The maximum atomic E-state index is 11.0. The van der Waals surface area contributed by atoms with E-state index in [-0.39, 0.29) is 0 Å². The molecule has 2 N–H and O–H groups in total. The summed E-state index contributed by atoms with van der Waals surface area (Å²) in [6, 6.07) is 0. The number of carboxylic acids is 1. The third kappa shape index (κ3) is 2.27. The van der Waals surface area contributed by atoms with Gasteiger partial charge in [0.25, 0.3) is 0 Å². The molecular weight excluding hydrogens is 180 g/mol. The Hall–Kier alpha value is -0.570. The Morgan fingerprint density at radius 2 is 2.00 bits per heavy atom. The SMILES string of the molecule is CCC(C(=O)O)C1(O)CCC(C)CC1. The quantitative estimate of drug-likeness (QED) is 0.733. The van der Waals surface area contributed by atoms with Crippen molar-refractivity contribution in [1.29, 1.82) is 0 Å². The van der Waals surface area contributed by atoms with Gasteiger partial charge in [-0.1, -0.05) is 13.8 Å². The molecule has 14 heavy (non-hydrogen) atoms.